The number of fused-ring (bicyclic) bond motifs is 1. The Bertz CT molecular complexity index is 557. The second-order valence-corrected chi connectivity index (χ2v) is 4.27. The predicted molar refractivity (Wildman–Crippen MR) is 59.9 cm³/mol. The predicted octanol–water partition coefficient (Wildman–Crippen LogP) is 2.61. The van der Waals surface area contributed by atoms with E-state index in [9.17, 15) is 28.1 Å². The molecule has 0 radical (unpaired) electrons. The summed E-state index contributed by atoms with van der Waals surface area (Å²) in [6, 6.07) is 3.43. The molecule has 0 aromatic heterocycles. The van der Waals surface area contributed by atoms with Gasteiger partial charge in [-0.15, -0.1) is 0 Å². The van der Waals surface area contributed by atoms with Crippen molar-refractivity contribution in [2.75, 3.05) is 11.9 Å². The molecule has 0 saturated heterocycles. The number of hydrogen-bond acceptors (Lipinski definition) is 3. The minimum Gasteiger partial charge on any atom is -0.314 e. The van der Waals surface area contributed by atoms with Gasteiger partial charge in [-0.25, -0.2) is 0 Å². The van der Waals surface area contributed by atoms with E-state index >= 15 is 0 Å². The lowest BCUT2D eigenvalue weighted by Gasteiger charge is -2.12. The molecule has 1 heterocycles. The zero-order chi connectivity index (χ0) is 14.4. The molecule has 0 fully saturated rings. The second kappa shape index (κ2) is 4.22. The number of nitro groups is 1. The van der Waals surface area contributed by atoms with E-state index in [1.54, 1.807) is 0 Å². The first-order valence-corrected chi connectivity index (χ1v) is 5.33. The number of carbonyl (C=O) groups is 1. The molecule has 0 aliphatic carbocycles. The summed E-state index contributed by atoms with van der Waals surface area (Å²) in [7, 11) is 1.31. The molecule has 1 unspecified atom stereocenters. The number of amides is 1. The fourth-order valence-corrected chi connectivity index (χ4v) is 2.14. The molecule has 102 valence electrons. The van der Waals surface area contributed by atoms with Crippen molar-refractivity contribution in [1.82, 2.24) is 0 Å². The van der Waals surface area contributed by atoms with Crippen LogP contribution in [0, 0.1) is 10.1 Å². The van der Waals surface area contributed by atoms with Crippen LogP contribution in [0.15, 0.2) is 18.2 Å². The zero-order valence-corrected chi connectivity index (χ0v) is 9.77. The summed E-state index contributed by atoms with van der Waals surface area (Å²) in [5.74, 6) is -2.02. The van der Waals surface area contributed by atoms with Gasteiger partial charge in [-0.1, -0.05) is 0 Å². The monoisotopic (exact) mass is 274 g/mol. The molecule has 0 N–H and O–H groups in total. The van der Waals surface area contributed by atoms with Gasteiger partial charge in [0.1, 0.15) is 0 Å². The lowest BCUT2D eigenvalue weighted by molar-refractivity contribution is -0.384. The SMILES string of the molecule is CN1C(=O)C(CC(F)(F)F)c2ccc([N+](=O)[O-])cc21. The molecule has 0 saturated carbocycles. The van der Waals surface area contributed by atoms with Crippen molar-refractivity contribution >= 4 is 17.3 Å². The van der Waals surface area contributed by atoms with Crippen LogP contribution >= 0.6 is 0 Å². The van der Waals surface area contributed by atoms with E-state index < -0.39 is 29.3 Å². The summed E-state index contributed by atoms with van der Waals surface area (Å²) in [5, 5.41) is 10.6. The molecule has 19 heavy (non-hydrogen) atoms. The van der Waals surface area contributed by atoms with Crippen LogP contribution < -0.4 is 4.90 Å². The molecule has 8 heteroatoms. The number of alkyl halides is 3. The van der Waals surface area contributed by atoms with Gasteiger partial charge in [-0.3, -0.25) is 14.9 Å². The van der Waals surface area contributed by atoms with Crippen LogP contribution in [0.25, 0.3) is 0 Å². The maximum absolute atomic E-state index is 12.4. The zero-order valence-electron chi connectivity index (χ0n) is 9.77. The van der Waals surface area contributed by atoms with Gasteiger partial charge in [-0.05, 0) is 11.6 Å². The van der Waals surface area contributed by atoms with Crippen molar-refractivity contribution in [3.05, 3.63) is 33.9 Å². The molecular weight excluding hydrogens is 265 g/mol. The van der Waals surface area contributed by atoms with Gasteiger partial charge >= 0.3 is 6.18 Å². The van der Waals surface area contributed by atoms with Gasteiger partial charge in [-0.2, -0.15) is 13.2 Å². The van der Waals surface area contributed by atoms with Gasteiger partial charge in [0, 0.05) is 19.2 Å². The largest absolute Gasteiger partial charge is 0.390 e. The summed E-state index contributed by atoms with van der Waals surface area (Å²) in [5.41, 5.74) is 0.0786. The van der Waals surface area contributed by atoms with Crippen LogP contribution in [-0.4, -0.2) is 24.1 Å². The fraction of sp³-hybridized carbons (Fsp3) is 0.364. The Balaban J connectivity index is 2.44. The van der Waals surface area contributed by atoms with E-state index in [0.717, 1.165) is 17.0 Å². The van der Waals surface area contributed by atoms with Crippen LogP contribution in [0.1, 0.15) is 17.9 Å². The number of nitro benzene ring substituents is 1. The summed E-state index contributed by atoms with van der Waals surface area (Å²) < 4.78 is 37.3. The molecule has 1 aliphatic rings. The van der Waals surface area contributed by atoms with Gasteiger partial charge in [0.2, 0.25) is 5.91 Å². The maximum Gasteiger partial charge on any atom is 0.390 e. The van der Waals surface area contributed by atoms with E-state index in [-0.39, 0.29) is 16.9 Å². The topological polar surface area (TPSA) is 63.5 Å². The third-order valence-electron chi connectivity index (χ3n) is 3.03. The number of benzene rings is 1. The van der Waals surface area contributed by atoms with Crippen LogP contribution in [0.2, 0.25) is 0 Å². The summed E-state index contributed by atoms with van der Waals surface area (Å²) >= 11 is 0. The Labute approximate surface area is 105 Å². The van der Waals surface area contributed by atoms with Crippen LogP contribution in [0.5, 0.6) is 0 Å². The van der Waals surface area contributed by atoms with Crippen molar-refractivity contribution in [1.29, 1.82) is 0 Å². The van der Waals surface area contributed by atoms with E-state index in [0.29, 0.717) is 0 Å². The normalized spacial score (nSPS) is 18.6. The Kier molecular flexibility index (Phi) is 2.95. The average Bonchev–Trinajstić information content (AvgIpc) is 2.52. The second-order valence-electron chi connectivity index (χ2n) is 4.27. The third kappa shape index (κ3) is 2.38. The summed E-state index contributed by atoms with van der Waals surface area (Å²) in [4.78, 5) is 22.8. The van der Waals surface area contributed by atoms with E-state index in [2.05, 4.69) is 0 Å². The van der Waals surface area contributed by atoms with Crippen LogP contribution in [0.3, 0.4) is 0 Å². The Morgan fingerprint density at radius 3 is 2.58 bits per heavy atom. The fourth-order valence-electron chi connectivity index (χ4n) is 2.14. The Morgan fingerprint density at radius 2 is 2.05 bits per heavy atom. The molecule has 1 aromatic rings. The molecule has 5 nitrogen and oxygen atoms in total. The molecule has 1 atom stereocenters. The van der Waals surface area contributed by atoms with Crippen LogP contribution in [0.4, 0.5) is 24.5 Å². The smallest absolute Gasteiger partial charge is 0.314 e. The highest BCUT2D eigenvalue weighted by Crippen LogP contribution is 2.43. The summed E-state index contributed by atoms with van der Waals surface area (Å²) in [6.45, 7) is 0. The first-order chi connectivity index (χ1) is 8.70. The van der Waals surface area contributed by atoms with E-state index in [4.69, 9.17) is 0 Å². The van der Waals surface area contributed by atoms with E-state index in [1.807, 2.05) is 0 Å². The first-order valence-electron chi connectivity index (χ1n) is 5.33. The first kappa shape index (κ1) is 13.3. The Hall–Kier alpha value is -2.12. The number of halogens is 3. The van der Waals surface area contributed by atoms with Gasteiger partial charge in [0.05, 0.1) is 22.9 Å². The van der Waals surface area contributed by atoms with Gasteiger partial charge in [0.15, 0.2) is 0 Å². The van der Waals surface area contributed by atoms with Crippen molar-refractivity contribution in [3.63, 3.8) is 0 Å². The molecular formula is C11H9F3N2O3. The highest BCUT2D eigenvalue weighted by atomic mass is 19.4. The van der Waals surface area contributed by atoms with Crippen molar-refractivity contribution in [2.24, 2.45) is 0 Å². The number of hydrogen-bond donors (Lipinski definition) is 0. The quantitative estimate of drug-likeness (QED) is 0.615. The minimum absolute atomic E-state index is 0.161. The van der Waals surface area contributed by atoms with Crippen LogP contribution in [-0.2, 0) is 4.79 Å². The van der Waals surface area contributed by atoms with Gasteiger partial charge in [0.25, 0.3) is 5.69 Å². The molecule has 1 aromatic carbocycles. The lowest BCUT2D eigenvalue weighted by atomic mass is 9.97. The van der Waals surface area contributed by atoms with Crippen molar-refractivity contribution < 1.29 is 22.9 Å². The minimum atomic E-state index is -4.47. The lowest BCUT2D eigenvalue weighted by Crippen LogP contribution is -2.26. The summed E-state index contributed by atoms with van der Waals surface area (Å²) in [6.07, 6.45) is -5.73. The number of likely N-dealkylation sites (N-methyl/N-ethyl adjacent to an activating group) is 1. The number of anilines is 1. The Morgan fingerprint density at radius 1 is 1.42 bits per heavy atom. The molecule has 2 rings (SSSR count). The molecule has 0 spiro atoms. The van der Waals surface area contributed by atoms with Crippen molar-refractivity contribution in [3.8, 4) is 0 Å². The molecule has 1 aliphatic heterocycles. The molecule has 0 bridgehead atoms. The highest BCUT2D eigenvalue weighted by Gasteiger charge is 2.43. The standard InChI is InChI=1S/C11H9F3N2O3/c1-15-9-4-6(16(18)19)2-3-7(9)8(10(15)17)5-11(12,13)14/h2-4,8H,5H2,1H3. The number of non-ortho nitro benzene ring substituents is 1. The van der Waals surface area contributed by atoms with E-state index in [1.165, 1.54) is 13.1 Å². The molecule has 1 amide bonds. The third-order valence-corrected chi connectivity index (χ3v) is 3.03. The van der Waals surface area contributed by atoms with Crippen molar-refractivity contribution in [2.45, 2.75) is 18.5 Å². The number of rotatable bonds is 2. The maximum atomic E-state index is 12.4. The van der Waals surface area contributed by atoms with Gasteiger partial charge < -0.3 is 4.90 Å². The average molecular weight is 274 g/mol. The highest BCUT2D eigenvalue weighted by molar-refractivity contribution is 6.04. The number of nitrogens with zero attached hydrogens (tertiary/aromatic N) is 2. The number of carbonyl (C=O) groups excluding carboxylic acids is 1.